The van der Waals surface area contributed by atoms with Crippen LogP contribution < -0.4 is 0 Å². The van der Waals surface area contributed by atoms with Gasteiger partial charge in [0.05, 0.1) is 18.5 Å². The first-order chi connectivity index (χ1) is 13.6. The normalized spacial score (nSPS) is 12.5. The van der Waals surface area contributed by atoms with E-state index in [4.69, 9.17) is 9.83 Å². The number of halogens is 1. The van der Waals surface area contributed by atoms with Crippen molar-refractivity contribution in [2.45, 2.75) is 9.79 Å². The number of carbonyl (C=O) groups is 1. The van der Waals surface area contributed by atoms with Crippen molar-refractivity contribution in [2.75, 3.05) is 14.2 Å². The maximum Gasteiger partial charge on any atom is 0.277 e. The summed E-state index contributed by atoms with van der Waals surface area (Å²) in [6.07, 6.45) is 0. The second-order valence-corrected chi connectivity index (χ2v) is 7.32. The third-order valence-electron chi connectivity index (χ3n) is 4.48. The van der Waals surface area contributed by atoms with E-state index in [-0.39, 0.29) is 11.7 Å². The van der Waals surface area contributed by atoms with Gasteiger partial charge in [0, 0.05) is 33.5 Å². The highest BCUT2D eigenvalue weighted by Gasteiger charge is 2.20. The summed E-state index contributed by atoms with van der Waals surface area (Å²) in [5.74, 6) is -0.549. The van der Waals surface area contributed by atoms with Gasteiger partial charge < -0.3 is 0 Å². The first-order valence-corrected chi connectivity index (χ1v) is 9.46. The highest BCUT2D eigenvalue weighted by molar-refractivity contribution is 7.99. The first kappa shape index (κ1) is 18.4. The van der Waals surface area contributed by atoms with E-state index < -0.39 is 0 Å². The van der Waals surface area contributed by atoms with Crippen molar-refractivity contribution >= 4 is 29.1 Å². The van der Waals surface area contributed by atoms with E-state index in [0.717, 1.165) is 26.6 Å². The van der Waals surface area contributed by atoms with Crippen LogP contribution in [0.4, 0.5) is 10.1 Å². The molecule has 3 aromatic carbocycles. The molecule has 1 heterocycles. The predicted molar refractivity (Wildman–Crippen MR) is 108 cm³/mol. The van der Waals surface area contributed by atoms with Crippen LogP contribution in [-0.2, 0) is 4.84 Å². The smallest absolute Gasteiger partial charge is 0.274 e. The molecule has 0 radical (unpaired) electrons. The maximum atomic E-state index is 13.4. The molecule has 4 nitrogen and oxygen atoms in total. The molecule has 3 aromatic rings. The third kappa shape index (κ3) is 3.44. The molecule has 0 fully saturated rings. The molecule has 0 saturated carbocycles. The van der Waals surface area contributed by atoms with E-state index in [1.165, 1.54) is 24.3 Å². The van der Waals surface area contributed by atoms with Crippen molar-refractivity contribution in [2.24, 2.45) is 4.99 Å². The van der Waals surface area contributed by atoms with Crippen LogP contribution >= 0.6 is 11.8 Å². The monoisotopic (exact) mass is 392 g/mol. The average molecular weight is 392 g/mol. The van der Waals surface area contributed by atoms with Crippen molar-refractivity contribution in [3.05, 3.63) is 89.2 Å². The molecule has 6 heteroatoms. The fourth-order valence-electron chi connectivity index (χ4n) is 2.97. The zero-order valence-electron chi connectivity index (χ0n) is 15.3. The molecule has 0 spiro atoms. The number of fused-ring (bicyclic) bond motifs is 2. The lowest BCUT2D eigenvalue weighted by molar-refractivity contribution is -0.0756. The fraction of sp³-hybridized carbons (Fsp3) is 0.0909. The molecule has 0 aromatic heterocycles. The molecule has 1 aliphatic heterocycles. The standard InChI is InChI=1S/C22H17FN2O2S/c1-25(27-2)22(26)15-9-12-20-18(13-15)24-21(14-7-10-16(23)11-8-14)17-5-3-4-6-19(17)28-20/h3-13H,1-2H3. The lowest BCUT2D eigenvalue weighted by Gasteiger charge is -2.14. The highest BCUT2D eigenvalue weighted by atomic mass is 32.2. The molecule has 28 heavy (non-hydrogen) atoms. The molecule has 1 aliphatic rings. The zero-order valence-corrected chi connectivity index (χ0v) is 16.2. The van der Waals surface area contributed by atoms with E-state index in [1.54, 1.807) is 43.1 Å². The largest absolute Gasteiger partial charge is 0.277 e. The van der Waals surface area contributed by atoms with Gasteiger partial charge in [0.15, 0.2) is 0 Å². The van der Waals surface area contributed by atoms with Crippen LogP contribution in [0.25, 0.3) is 0 Å². The number of carbonyl (C=O) groups excluding carboxylic acids is 1. The van der Waals surface area contributed by atoms with Crippen molar-refractivity contribution in [1.29, 1.82) is 0 Å². The summed E-state index contributed by atoms with van der Waals surface area (Å²) < 4.78 is 13.4. The van der Waals surface area contributed by atoms with E-state index in [2.05, 4.69) is 0 Å². The Morgan fingerprint density at radius 3 is 2.54 bits per heavy atom. The fourth-order valence-corrected chi connectivity index (χ4v) is 3.97. The molecule has 1 amide bonds. The van der Waals surface area contributed by atoms with Crippen LogP contribution in [0.1, 0.15) is 21.5 Å². The number of amides is 1. The number of nitrogens with zero attached hydrogens (tertiary/aromatic N) is 2. The van der Waals surface area contributed by atoms with E-state index in [0.29, 0.717) is 11.3 Å². The molecular weight excluding hydrogens is 375 g/mol. The number of hydroxylamine groups is 2. The summed E-state index contributed by atoms with van der Waals surface area (Å²) in [5.41, 5.74) is 3.70. The van der Waals surface area contributed by atoms with E-state index in [9.17, 15) is 9.18 Å². The van der Waals surface area contributed by atoms with Crippen molar-refractivity contribution in [1.82, 2.24) is 5.06 Å². The van der Waals surface area contributed by atoms with Crippen molar-refractivity contribution in [3.8, 4) is 0 Å². The Morgan fingerprint density at radius 2 is 1.79 bits per heavy atom. The number of hydrogen-bond acceptors (Lipinski definition) is 4. The first-order valence-electron chi connectivity index (χ1n) is 8.65. The van der Waals surface area contributed by atoms with Crippen LogP contribution in [0.15, 0.2) is 81.5 Å². The van der Waals surface area contributed by atoms with E-state index >= 15 is 0 Å². The van der Waals surface area contributed by atoms with Gasteiger partial charge in [-0.05, 0) is 48.5 Å². The highest BCUT2D eigenvalue weighted by Crippen LogP contribution is 2.41. The van der Waals surface area contributed by atoms with Gasteiger partial charge in [-0.3, -0.25) is 9.63 Å². The minimum absolute atomic E-state index is 0.254. The van der Waals surface area contributed by atoms with Gasteiger partial charge in [-0.1, -0.05) is 30.0 Å². The topological polar surface area (TPSA) is 41.9 Å². The van der Waals surface area contributed by atoms with Gasteiger partial charge in [0.25, 0.3) is 5.91 Å². The molecule has 0 N–H and O–H groups in total. The number of aliphatic imine (C=N–C) groups is 1. The van der Waals surface area contributed by atoms with Gasteiger partial charge in [-0.25, -0.2) is 14.4 Å². The quantitative estimate of drug-likeness (QED) is 0.456. The Kier molecular flexibility index (Phi) is 4.98. The van der Waals surface area contributed by atoms with Crippen LogP contribution in [0.2, 0.25) is 0 Å². The number of rotatable bonds is 3. The average Bonchev–Trinajstić information content (AvgIpc) is 2.89. The Balaban J connectivity index is 1.88. The third-order valence-corrected chi connectivity index (χ3v) is 5.62. The van der Waals surface area contributed by atoms with Gasteiger partial charge in [0.1, 0.15) is 5.82 Å². The molecule has 140 valence electrons. The van der Waals surface area contributed by atoms with E-state index in [1.807, 2.05) is 30.3 Å². The van der Waals surface area contributed by atoms with Crippen molar-refractivity contribution < 1.29 is 14.0 Å². The Hall–Kier alpha value is -2.96. The van der Waals surface area contributed by atoms with Crippen LogP contribution in [0.3, 0.4) is 0 Å². The minimum atomic E-state index is -0.295. The molecule has 0 bridgehead atoms. The Bertz CT molecular complexity index is 1080. The summed E-state index contributed by atoms with van der Waals surface area (Å²) in [4.78, 5) is 24.3. The van der Waals surface area contributed by atoms with Gasteiger partial charge >= 0.3 is 0 Å². The predicted octanol–water partition coefficient (Wildman–Crippen LogP) is 5.09. The number of hydrogen-bond donors (Lipinski definition) is 0. The maximum absolute atomic E-state index is 13.4. The van der Waals surface area contributed by atoms with Gasteiger partial charge in [0.2, 0.25) is 0 Å². The van der Waals surface area contributed by atoms with Gasteiger partial charge in [-0.15, -0.1) is 0 Å². The molecule has 4 rings (SSSR count). The second-order valence-electron chi connectivity index (χ2n) is 6.23. The lowest BCUT2D eigenvalue weighted by atomic mass is 10.0. The second kappa shape index (κ2) is 7.58. The van der Waals surface area contributed by atoms with Crippen LogP contribution in [0, 0.1) is 5.82 Å². The van der Waals surface area contributed by atoms with Crippen LogP contribution in [-0.4, -0.2) is 30.8 Å². The summed E-state index contributed by atoms with van der Waals surface area (Å²) in [6.45, 7) is 0. The Labute approximate surface area is 166 Å². The Morgan fingerprint density at radius 1 is 1.04 bits per heavy atom. The summed E-state index contributed by atoms with van der Waals surface area (Å²) in [5, 5.41) is 1.17. The van der Waals surface area contributed by atoms with Crippen molar-refractivity contribution in [3.63, 3.8) is 0 Å². The SMILES string of the molecule is CON(C)C(=O)c1ccc2c(c1)N=C(c1ccc(F)cc1)c1ccccc1S2. The zero-order chi connectivity index (χ0) is 19.7. The molecule has 0 saturated heterocycles. The summed E-state index contributed by atoms with van der Waals surface area (Å²) in [6, 6.07) is 19.7. The summed E-state index contributed by atoms with van der Waals surface area (Å²) in [7, 11) is 3.00. The summed E-state index contributed by atoms with van der Waals surface area (Å²) >= 11 is 1.59. The molecule has 0 atom stereocenters. The van der Waals surface area contributed by atoms with Crippen LogP contribution in [0.5, 0.6) is 0 Å². The molecule has 0 unspecified atom stereocenters. The number of benzene rings is 3. The molecule has 0 aliphatic carbocycles. The lowest BCUT2D eigenvalue weighted by Crippen LogP contribution is -2.25. The van der Waals surface area contributed by atoms with Gasteiger partial charge in [-0.2, -0.15) is 0 Å². The molecular formula is C22H17FN2O2S. The minimum Gasteiger partial charge on any atom is -0.274 e.